The number of fused-ring (bicyclic) bond motifs is 1. The quantitative estimate of drug-likeness (QED) is 0.609. The van der Waals surface area contributed by atoms with Gasteiger partial charge in [-0.15, -0.1) is 0 Å². The molecule has 4 heteroatoms. The Morgan fingerprint density at radius 2 is 1.92 bits per heavy atom. The van der Waals surface area contributed by atoms with Crippen LogP contribution >= 0.6 is 11.8 Å². The van der Waals surface area contributed by atoms with Crippen LogP contribution in [0.4, 0.5) is 5.69 Å². The van der Waals surface area contributed by atoms with Crippen molar-refractivity contribution in [2.75, 3.05) is 11.9 Å². The summed E-state index contributed by atoms with van der Waals surface area (Å²) >= 11 is 1.50. The van der Waals surface area contributed by atoms with Gasteiger partial charge in [0.15, 0.2) is 5.78 Å². The summed E-state index contributed by atoms with van der Waals surface area (Å²) in [6.45, 7) is 6.28. The van der Waals surface area contributed by atoms with Crippen LogP contribution < -0.4 is 4.90 Å². The second kappa shape index (κ2) is 6.44. The Morgan fingerprint density at radius 1 is 1.21 bits per heavy atom. The molecule has 0 N–H and O–H groups in total. The Bertz CT molecular complexity index is 783. The average Bonchev–Trinajstić information content (AvgIpc) is 2.77. The van der Waals surface area contributed by atoms with Crippen LogP contribution in [0, 0.1) is 0 Å². The predicted octanol–water partition coefficient (Wildman–Crippen LogP) is 4.44. The summed E-state index contributed by atoms with van der Waals surface area (Å²) in [5.41, 5.74) is 3.31. The van der Waals surface area contributed by atoms with E-state index in [0.717, 1.165) is 10.7 Å². The molecule has 0 fully saturated rings. The van der Waals surface area contributed by atoms with Gasteiger partial charge in [0.2, 0.25) is 0 Å². The van der Waals surface area contributed by atoms with Crippen LogP contribution in [0.2, 0.25) is 0 Å². The number of hydrogen-bond donors (Lipinski definition) is 0. The number of nitrogens with zero attached hydrogens (tertiary/aromatic N) is 2. The topological polar surface area (TPSA) is 33.2 Å². The zero-order valence-corrected chi connectivity index (χ0v) is 15.3. The molecule has 1 unspecified atom stereocenters. The smallest absolute Gasteiger partial charge is 0.170 e. The zero-order valence-electron chi connectivity index (χ0n) is 14.5. The van der Waals surface area contributed by atoms with E-state index in [2.05, 4.69) is 41.9 Å². The second-order valence-electron chi connectivity index (χ2n) is 6.56. The summed E-state index contributed by atoms with van der Waals surface area (Å²) in [6.07, 6.45) is 3.56. The number of rotatable bonds is 4. The van der Waals surface area contributed by atoms with Gasteiger partial charge in [0.1, 0.15) is 0 Å². The third-order valence-corrected chi connectivity index (χ3v) is 5.62. The number of carbonyl (C=O) groups is 1. The number of hydrogen-bond acceptors (Lipinski definition) is 4. The van der Waals surface area contributed by atoms with Crippen molar-refractivity contribution < 1.29 is 4.79 Å². The van der Waals surface area contributed by atoms with E-state index in [9.17, 15) is 4.79 Å². The van der Waals surface area contributed by atoms with E-state index in [1.165, 1.54) is 23.0 Å². The fourth-order valence-corrected chi connectivity index (χ4v) is 3.99. The van der Waals surface area contributed by atoms with Crippen molar-refractivity contribution >= 4 is 23.2 Å². The molecule has 3 nitrogen and oxygen atoms in total. The largest absolute Gasteiger partial charge is 0.347 e. The molecule has 1 atom stereocenters. The van der Waals surface area contributed by atoms with Gasteiger partial charge in [-0.2, -0.15) is 0 Å². The predicted molar refractivity (Wildman–Crippen MR) is 101 cm³/mol. The molecular weight excluding hydrogens is 316 g/mol. The minimum atomic E-state index is -0.170. The summed E-state index contributed by atoms with van der Waals surface area (Å²) in [4.78, 5) is 19.2. The second-order valence-corrected chi connectivity index (χ2v) is 7.92. The SMILES string of the molecule is CC(Sc1ccccn1)C(=O)/C=C1\N(C)c2ccccc2C1(C)C. The molecule has 1 aromatic carbocycles. The van der Waals surface area contributed by atoms with Crippen molar-refractivity contribution in [1.82, 2.24) is 4.98 Å². The van der Waals surface area contributed by atoms with Crippen LogP contribution in [-0.2, 0) is 10.2 Å². The molecule has 3 rings (SSSR count). The van der Waals surface area contributed by atoms with Crippen LogP contribution in [0.5, 0.6) is 0 Å². The van der Waals surface area contributed by atoms with Crippen LogP contribution in [0.1, 0.15) is 26.3 Å². The van der Waals surface area contributed by atoms with Gasteiger partial charge in [0.25, 0.3) is 0 Å². The third kappa shape index (κ3) is 2.98. The fraction of sp³-hybridized carbons (Fsp3) is 0.300. The molecule has 0 saturated heterocycles. The highest BCUT2D eigenvalue weighted by molar-refractivity contribution is 8.00. The maximum atomic E-state index is 12.7. The van der Waals surface area contributed by atoms with Gasteiger partial charge in [0.05, 0.1) is 10.3 Å². The monoisotopic (exact) mass is 338 g/mol. The Hall–Kier alpha value is -2.07. The summed E-state index contributed by atoms with van der Waals surface area (Å²) in [5, 5.41) is 0.708. The average molecular weight is 338 g/mol. The van der Waals surface area contributed by atoms with Crippen LogP contribution in [-0.4, -0.2) is 23.1 Å². The standard InChI is InChI=1S/C20H22N2OS/c1-14(24-19-11-7-8-12-21-19)17(23)13-18-20(2,3)15-9-5-6-10-16(15)22(18)4/h5-14H,1-4H3/b18-13-. The molecule has 124 valence electrons. The number of pyridine rings is 1. The molecule has 1 aliphatic heterocycles. The fourth-order valence-electron chi connectivity index (χ4n) is 3.17. The molecule has 1 aromatic heterocycles. The maximum absolute atomic E-state index is 12.7. The number of likely N-dealkylation sites (N-methyl/N-ethyl adjacent to an activating group) is 1. The molecule has 1 aliphatic rings. The van der Waals surface area contributed by atoms with E-state index in [-0.39, 0.29) is 16.4 Å². The van der Waals surface area contributed by atoms with Gasteiger partial charge < -0.3 is 4.90 Å². The summed E-state index contributed by atoms with van der Waals surface area (Å²) in [6, 6.07) is 14.1. The first kappa shape index (κ1) is 16.8. The van der Waals surface area contributed by atoms with Crippen molar-refractivity contribution in [3.05, 3.63) is 66.0 Å². The molecule has 0 aliphatic carbocycles. The Kier molecular flexibility index (Phi) is 4.50. The molecule has 0 spiro atoms. The van der Waals surface area contributed by atoms with Gasteiger partial charge in [-0.25, -0.2) is 4.98 Å². The first-order valence-corrected chi connectivity index (χ1v) is 8.96. The third-order valence-electron chi connectivity index (χ3n) is 4.56. The minimum Gasteiger partial charge on any atom is -0.347 e. The van der Waals surface area contributed by atoms with E-state index >= 15 is 0 Å². The molecule has 0 radical (unpaired) electrons. The number of para-hydroxylation sites is 1. The Morgan fingerprint density at radius 3 is 2.58 bits per heavy atom. The molecule has 0 bridgehead atoms. The number of aromatic nitrogens is 1. The van der Waals surface area contributed by atoms with Crippen molar-refractivity contribution in [3.8, 4) is 0 Å². The van der Waals surface area contributed by atoms with E-state index in [0.29, 0.717) is 0 Å². The van der Waals surface area contributed by atoms with Gasteiger partial charge in [-0.1, -0.05) is 49.9 Å². The Balaban J connectivity index is 1.84. The number of ketones is 1. The molecule has 2 heterocycles. The van der Waals surface area contributed by atoms with Gasteiger partial charge in [-0.05, 0) is 30.7 Å². The van der Waals surface area contributed by atoms with Crippen molar-refractivity contribution in [2.45, 2.75) is 36.5 Å². The number of anilines is 1. The van der Waals surface area contributed by atoms with Crippen molar-refractivity contribution in [2.24, 2.45) is 0 Å². The normalized spacial score (nSPS) is 18.5. The first-order valence-electron chi connectivity index (χ1n) is 8.08. The highest BCUT2D eigenvalue weighted by atomic mass is 32.2. The number of benzene rings is 1. The lowest BCUT2D eigenvalue weighted by molar-refractivity contribution is -0.113. The number of carbonyl (C=O) groups excluding carboxylic acids is 1. The van der Waals surface area contributed by atoms with Crippen LogP contribution in [0.3, 0.4) is 0 Å². The Labute approximate surface area is 147 Å². The zero-order chi connectivity index (χ0) is 17.3. The summed E-state index contributed by atoms with van der Waals surface area (Å²) in [7, 11) is 2.03. The minimum absolute atomic E-state index is 0.119. The molecule has 24 heavy (non-hydrogen) atoms. The lowest BCUT2D eigenvalue weighted by atomic mass is 9.83. The van der Waals surface area contributed by atoms with Gasteiger partial charge in [0, 0.05) is 36.1 Å². The summed E-state index contributed by atoms with van der Waals surface area (Å²) in [5.74, 6) is 0.119. The number of thioether (sulfide) groups is 1. The van der Waals surface area contributed by atoms with Crippen LogP contribution in [0.15, 0.2) is 65.5 Å². The van der Waals surface area contributed by atoms with Crippen LogP contribution in [0.25, 0.3) is 0 Å². The molecule has 2 aromatic rings. The molecule has 0 saturated carbocycles. The van der Waals surface area contributed by atoms with E-state index in [1.807, 2.05) is 38.2 Å². The first-order chi connectivity index (χ1) is 11.4. The van der Waals surface area contributed by atoms with Gasteiger partial charge in [-0.3, -0.25) is 4.79 Å². The highest BCUT2D eigenvalue weighted by Gasteiger charge is 2.38. The molecule has 0 amide bonds. The maximum Gasteiger partial charge on any atom is 0.170 e. The van der Waals surface area contributed by atoms with Crippen molar-refractivity contribution in [3.63, 3.8) is 0 Å². The van der Waals surface area contributed by atoms with E-state index < -0.39 is 0 Å². The lowest BCUT2D eigenvalue weighted by Crippen LogP contribution is -2.25. The highest BCUT2D eigenvalue weighted by Crippen LogP contribution is 2.46. The number of allylic oxidation sites excluding steroid dienone is 2. The van der Waals surface area contributed by atoms with E-state index in [4.69, 9.17) is 0 Å². The lowest BCUT2D eigenvalue weighted by Gasteiger charge is -2.24. The van der Waals surface area contributed by atoms with Crippen molar-refractivity contribution in [1.29, 1.82) is 0 Å². The van der Waals surface area contributed by atoms with E-state index in [1.54, 1.807) is 12.3 Å². The summed E-state index contributed by atoms with van der Waals surface area (Å²) < 4.78 is 0. The molecular formula is C20H22N2OS. The van der Waals surface area contributed by atoms with Gasteiger partial charge >= 0.3 is 0 Å².